The lowest BCUT2D eigenvalue weighted by Crippen LogP contribution is -2.23. The Hall–Kier alpha value is -3.12. The van der Waals surface area contributed by atoms with E-state index < -0.39 is 6.04 Å². The smallest absolute Gasteiger partial charge is 0.251 e. The molecule has 26 heavy (non-hydrogen) atoms. The van der Waals surface area contributed by atoms with Crippen LogP contribution < -0.4 is 10.6 Å². The molecule has 1 aliphatic rings. The highest BCUT2D eigenvalue weighted by Gasteiger charge is 2.35. The van der Waals surface area contributed by atoms with Gasteiger partial charge in [-0.15, -0.1) is 0 Å². The van der Waals surface area contributed by atoms with E-state index in [1.165, 1.54) is 0 Å². The molecule has 2 N–H and O–H groups in total. The summed E-state index contributed by atoms with van der Waals surface area (Å²) < 4.78 is 1.57. The monoisotopic (exact) mass is 366 g/mol. The Morgan fingerprint density at radius 2 is 1.88 bits per heavy atom. The highest BCUT2D eigenvalue weighted by atomic mass is 35.5. The molecule has 0 spiro atoms. The maximum atomic E-state index is 12.4. The van der Waals surface area contributed by atoms with E-state index in [0.29, 0.717) is 16.5 Å². The van der Waals surface area contributed by atoms with Gasteiger partial charge in [-0.25, -0.2) is 4.68 Å². The molecule has 2 heterocycles. The number of carbonyl (C=O) groups excluding carboxylic acids is 2. The number of aromatic nitrogens is 2. The van der Waals surface area contributed by atoms with E-state index in [4.69, 9.17) is 11.6 Å². The molecule has 130 valence electrons. The molecule has 3 aromatic rings. The van der Waals surface area contributed by atoms with Gasteiger partial charge in [-0.2, -0.15) is 5.10 Å². The van der Waals surface area contributed by atoms with E-state index in [0.717, 1.165) is 11.1 Å². The van der Waals surface area contributed by atoms with Crippen molar-refractivity contribution in [3.05, 3.63) is 65.8 Å². The van der Waals surface area contributed by atoms with Crippen LogP contribution in [0.5, 0.6) is 0 Å². The van der Waals surface area contributed by atoms with Crippen molar-refractivity contribution >= 4 is 34.9 Å². The van der Waals surface area contributed by atoms with Crippen molar-refractivity contribution in [2.45, 2.75) is 12.5 Å². The molecule has 0 bridgehead atoms. The third-order valence-electron chi connectivity index (χ3n) is 4.25. The molecule has 4 rings (SSSR count). The highest BCUT2D eigenvalue weighted by molar-refractivity contribution is 6.33. The number of benzene rings is 2. The standard InChI is InChI=1S/C19H15ClN4O2/c20-14-8-4-5-9-15(14)22-17(25)10-16-19(26)23-18-13(11-21-24(16)18)12-6-2-1-3-7-12/h1-9,11,16H,10H2,(H,22,25)(H,23,26)/t16-/m0/s1. The SMILES string of the molecule is O=C(C[C@H]1C(=O)Nc2c(-c3ccccc3)cnn21)Nc1ccccc1Cl. The predicted octanol–water partition coefficient (Wildman–Crippen LogP) is 3.73. The number of amides is 2. The van der Waals surface area contributed by atoms with E-state index >= 15 is 0 Å². The highest BCUT2D eigenvalue weighted by Crippen LogP contribution is 2.35. The fourth-order valence-corrected chi connectivity index (χ4v) is 3.16. The van der Waals surface area contributed by atoms with Crippen LogP contribution in [0.4, 0.5) is 11.5 Å². The summed E-state index contributed by atoms with van der Waals surface area (Å²) in [6, 6.07) is 15.9. The lowest BCUT2D eigenvalue weighted by Gasteiger charge is -2.10. The third-order valence-corrected chi connectivity index (χ3v) is 4.58. The van der Waals surface area contributed by atoms with Gasteiger partial charge in [0, 0.05) is 5.56 Å². The first-order chi connectivity index (χ1) is 12.6. The Morgan fingerprint density at radius 1 is 1.15 bits per heavy atom. The zero-order valence-corrected chi connectivity index (χ0v) is 14.4. The van der Waals surface area contributed by atoms with Crippen molar-refractivity contribution in [1.82, 2.24) is 9.78 Å². The Morgan fingerprint density at radius 3 is 2.65 bits per heavy atom. The molecule has 0 radical (unpaired) electrons. The lowest BCUT2D eigenvalue weighted by molar-refractivity contribution is -0.123. The summed E-state index contributed by atoms with van der Waals surface area (Å²) in [4.78, 5) is 24.7. The molecule has 2 amide bonds. The first-order valence-corrected chi connectivity index (χ1v) is 8.49. The predicted molar refractivity (Wildman–Crippen MR) is 100 cm³/mol. The van der Waals surface area contributed by atoms with Crippen molar-refractivity contribution in [3.8, 4) is 11.1 Å². The molecule has 0 saturated carbocycles. The fourth-order valence-electron chi connectivity index (χ4n) is 2.98. The molecule has 2 aromatic carbocycles. The molecule has 7 heteroatoms. The van der Waals surface area contributed by atoms with Crippen LogP contribution >= 0.6 is 11.6 Å². The maximum absolute atomic E-state index is 12.4. The summed E-state index contributed by atoms with van der Waals surface area (Å²) >= 11 is 6.05. The average molecular weight is 367 g/mol. The molecule has 6 nitrogen and oxygen atoms in total. The molecular weight excluding hydrogens is 352 g/mol. The molecule has 0 aliphatic carbocycles. The Labute approximate surface area is 154 Å². The largest absolute Gasteiger partial charge is 0.325 e. The molecule has 0 saturated heterocycles. The zero-order valence-electron chi connectivity index (χ0n) is 13.6. The van der Waals surface area contributed by atoms with E-state index in [1.54, 1.807) is 35.1 Å². The van der Waals surface area contributed by atoms with Gasteiger partial charge in [-0.1, -0.05) is 54.1 Å². The second-order valence-electron chi connectivity index (χ2n) is 5.95. The van der Waals surface area contributed by atoms with Crippen LogP contribution in [0.1, 0.15) is 12.5 Å². The Bertz CT molecular complexity index is 984. The van der Waals surface area contributed by atoms with Crippen molar-refractivity contribution in [2.24, 2.45) is 0 Å². The zero-order chi connectivity index (χ0) is 18.1. The number of para-hydroxylation sites is 1. The van der Waals surface area contributed by atoms with Gasteiger partial charge in [0.15, 0.2) is 0 Å². The number of fused-ring (bicyclic) bond motifs is 1. The Balaban J connectivity index is 1.55. The summed E-state index contributed by atoms with van der Waals surface area (Å²) in [6.45, 7) is 0. The second-order valence-corrected chi connectivity index (χ2v) is 6.36. The number of nitrogens with one attached hydrogen (secondary N) is 2. The molecule has 1 atom stereocenters. The van der Waals surface area contributed by atoms with Gasteiger partial charge in [0.2, 0.25) is 5.91 Å². The fraction of sp³-hybridized carbons (Fsp3) is 0.105. The summed E-state index contributed by atoms with van der Waals surface area (Å²) in [5.41, 5.74) is 2.30. The van der Waals surface area contributed by atoms with Crippen molar-refractivity contribution in [1.29, 1.82) is 0 Å². The van der Waals surface area contributed by atoms with Gasteiger partial charge >= 0.3 is 0 Å². The van der Waals surface area contributed by atoms with Gasteiger partial charge in [0.25, 0.3) is 5.91 Å². The van der Waals surface area contributed by atoms with E-state index in [1.807, 2.05) is 30.3 Å². The number of carbonyl (C=O) groups is 2. The minimum Gasteiger partial charge on any atom is -0.325 e. The minimum atomic E-state index is -0.690. The van der Waals surface area contributed by atoms with E-state index in [2.05, 4.69) is 15.7 Å². The quantitative estimate of drug-likeness (QED) is 0.738. The van der Waals surface area contributed by atoms with Crippen molar-refractivity contribution < 1.29 is 9.59 Å². The number of hydrogen-bond donors (Lipinski definition) is 2. The molecular formula is C19H15ClN4O2. The maximum Gasteiger partial charge on any atom is 0.251 e. The third kappa shape index (κ3) is 2.95. The minimum absolute atomic E-state index is 0.0278. The van der Waals surface area contributed by atoms with E-state index in [-0.39, 0.29) is 18.2 Å². The average Bonchev–Trinajstić information content (AvgIpc) is 3.18. The van der Waals surface area contributed by atoms with Crippen LogP contribution in [0.25, 0.3) is 11.1 Å². The number of nitrogens with zero attached hydrogens (tertiary/aromatic N) is 2. The summed E-state index contributed by atoms with van der Waals surface area (Å²) in [7, 11) is 0. The topological polar surface area (TPSA) is 76.0 Å². The molecule has 1 aromatic heterocycles. The second kappa shape index (κ2) is 6.65. The number of rotatable bonds is 4. The number of halogens is 1. The lowest BCUT2D eigenvalue weighted by atomic mass is 10.1. The summed E-state index contributed by atoms with van der Waals surface area (Å²) in [6.07, 6.45) is 1.67. The molecule has 1 aliphatic heterocycles. The van der Waals surface area contributed by atoms with Gasteiger partial charge in [0.1, 0.15) is 11.9 Å². The van der Waals surface area contributed by atoms with Crippen LogP contribution in [0.2, 0.25) is 5.02 Å². The normalized spacial score (nSPS) is 15.4. The molecule has 0 fully saturated rings. The van der Waals surface area contributed by atoms with Crippen LogP contribution in [-0.2, 0) is 9.59 Å². The van der Waals surface area contributed by atoms with Gasteiger partial charge in [-0.05, 0) is 17.7 Å². The van der Waals surface area contributed by atoms with Crippen LogP contribution in [0.3, 0.4) is 0 Å². The first-order valence-electron chi connectivity index (χ1n) is 8.11. The van der Waals surface area contributed by atoms with Crippen molar-refractivity contribution in [3.63, 3.8) is 0 Å². The summed E-state index contributed by atoms with van der Waals surface area (Å²) in [5.74, 6) is 0.0548. The van der Waals surface area contributed by atoms with Crippen LogP contribution in [0.15, 0.2) is 60.8 Å². The first kappa shape index (κ1) is 16.4. The van der Waals surface area contributed by atoms with Gasteiger partial charge < -0.3 is 10.6 Å². The van der Waals surface area contributed by atoms with Crippen molar-refractivity contribution in [2.75, 3.05) is 10.6 Å². The van der Waals surface area contributed by atoms with Gasteiger partial charge in [0.05, 0.1) is 23.3 Å². The number of hydrogen-bond acceptors (Lipinski definition) is 3. The summed E-state index contributed by atoms with van der Waals surface area (Å²) in [5, 5.41) is 10.3. The van der Waals surface area contributed by atoms with Crippen LogP contribution in [-0.4, -0.2) is 21.6 Å². The molecule has 0 unspecified atom stereocenters. The van der Waals surface area contributed by atoms with E-state index in [9.17, 15) is 9.59 Å². The number of anilines is 2. The van der Waals surface area contributed by atoms with Gasteiger partial charge in [-0.3, -0.25) is 9.59 Å². The van der Waals surface area contributed by atoms with Crippen LogP contribution in [0, 0.1) is 0 Å². The Kier molecular flexibility index (Phi) is 4.18.